The molecular formula is C20H22ClN3O5. The van der Waals surface area contributed by atoms with E-state index in [1.165, 1.54) is 14.2 Å². The van der Waals surface area contributed by atoms with Gasteiger partial charge in [0.1, 0.15) is 17.2 Å². The van der Waals surface area contributed by atoms with E-state index in [-0.39, 0.29) is 24.9 Å². The lowest BCUT2D eigenvalue weighted by molar-refractivity contribution is -0.127. The van der Waals surface area contributed by atoms with Gasteiger partial charge in [-0.2, -0.15) is 0 Å². The Hall–Kier alpha value is -3.13. The summed E-state index contributed by atoms with van der Waals surface area (Å²) in [4.78, 5) is 26.6. The molecule has 2 amide bonds. The molecule has 9 heteroatoms. The van der Waals surface area contributed by atoms with Gasteiger partial charge in [-0.05, 0) is 12.1 Å². The summed E-state index contributed by atoms with van der Waals surface area (Å²) >= 11 is 6.11. The van der Waals surface area contributed by atoms with E-state index in [0.717, 1.165) is 5.69 Å². The second-order valence-electron chi connectivity index (χ2n) is 6.30. The van der Waals surface area contributed by atoms with Crippen LogP contribution in [-0.4, -0.2) is 52.3 Å². The van der Waals surface area contributed by atoms with Crippen LogP contribution in [0.1, 0.15) is 0 Å². The van der Waals surface area contributed by atoms with Crippen LogP contribution in [-0.2, 0) is 9.59 Å². The van der Waals surface area contributed by atoms with Crippen molar-refractivity contribution in [3.8, 4) is 17.2 Å². The number of hydrogen-bond acceptors (Lipinski definition) is 6. The monoisotopic (exact) mass is 419 g/mol. The molecule has 2 N–H and O–H groups in total. The minimum atomic E-state index is -0.715. The molecule has 1 aliphatic heterocycles. The van der Waals surface area contributed by atoms with Crippen LogP contribution in [0.15, 0.2) is 36.4 Å². The molecule has 0 aliphatic carbocycles. The summed E-state index contributed by atoms with van der Waals surface area (Å²) in [5, 5.41) is 5.77. The van der Waals surface area contributed by atoms with Crippen LogP contribution >= 0.6 is 11.6 Å². The molecule has 0 saturated heterocycles. The van der Waals surface area contributed by atoms with Crippen LogP contribution in [0, 0.1) is 0 Å². The average Bonchev–Trinajstić information content (AvgIpc) is 2.73. The van der Waals surface area contributed by atoms with Gasteiger partial charge in [0.05, 0.1) is 43.7 Å². The second-order valence-corrected chi connectivity index (χ2v) is 6.71. The van der Waals surface area contributed by atoms with Crippen molar-refractivity contribution >= 4 is 34.8 Å². The van der Waals surface area contributed by atoms with Crippen LogP contribution < -0.4 is 29.7 Å². The molecule has 0 radical (unpaired) electrons. The molecule has 0 aromatic heterocycles. The van der Waals surface area contributed by atoms with Crippen LogP contribution in [0.25, 0.3) is 0 Å². The van der Waals surface area contributed by atoms with Crippen molar-refractivity contribution in [3.05, 3.63) is 41.4 Å². The molecule has 3 rings (SSSR count). The third kappa shape index (κ3) is 4.48. The Morgan fingerprint density at radius 2 is 1.93 bits per heavy atom. The maximum absolute atomic E-state index is 12.8. The van der Waals surface area contributed by atoms with Gasteiger partial charge in [0, 0.05) is 19.2 Å². The van der Waals surface area contributed by atoms with Gasteiger partial charge in [0.2, 0.25) is 5.91 Å². The number of carbonyl (C=O) groups is 2. The van der Waals surface area contributed by atoms with Crippen LogP contribution in [0.5, 0.6) is 17.2 Å². The molecular weight excluding hydrogens is 398 g/mol. The van der Waals surface area contributed by atoms with Gasteiger partial charge in [0.25, 0.3) is 5.91 Å². The van der Waals surface area contributed by atoms with Gasteiger partial charge < -0.3 is 29.7 Å². The van der Waals surface area contributed by atoms with E-state index < -0.39 is 6.10 Å². The predicted octanol–water partition coefficient (Wildman–Crippen LogP) is 2.31. The first kappa shape index (κ1) is 20.6. The van der Waals surface area contributed by atoms with E-state index in [1.807, 2.05) is 18.2 Å². The predicted molar refractivity (Wildman–Crippen MR) is 110 cm³/mol. The molecule has 1 atom stereocenters. The van der Waals surface area contributed by atoms with Gasteiger partial charge in [-0.15, -0.1) is 0 Å². The number of hydrogen-bond donors (Lipinski definition) is 2. The fourth-order valence-electron chi connectivity index (χ4n) is 3.08. The van der Waals surface area contributed by atoms with E-state index in [9.17, 15) is 9.59 Å². The van der Waals surface area contributed by atoms with E-state index in [2.05, 4.69) is 10.6 Å². The van der Waals surface area contributed by atoms with E-state index >= 15 is 0 Å². The standard InChI is InChI=1S/C20H22ClN3O5/c1-22-20(26)18-10-24(14-6-4-5-7-15(14)29-18)11-19(25)23-13-9-16(27-2)12(21)8-17(13)28-3/h4-9,18H,10-11H2,1-3H3,(H,22,26)(H,23,25)/t18-/m0/s1. The van der Waals surface area contributed by atoms with Crippen molar-refractivity contribution in [2.75, 3.05) is 44.6 Å². The second kappa shape index (κ2) is 8.91. The molecule has 154 valence electrons. The summed E-state index contributed by atoms with van der Waals surface area (Å²) in [6, 6.07) is 10.4. The highest BCUT2D eigenvalue weighted by Crippen LogP contribution is 2.36. The third-order valence-corrected chi connectivity index (χ3v) is 4.78. The molecule has 0 fully saturated rings. The first-order valence-electron chi connectivity index (χ1n) is 8.90. The number of likely N-dealkylation sites (N-methyl/N-ethyl adjacent to an activating group) is 1. The van der Waals surface area contributed by atoms with Crippen molar-refractivity contribution in [2.45, 2.75) is 6.10 Å². The Balaban J connectivity index is 1.80. The molecule has 0 bridgehead atoms. The molecule has 1 aliphatic rings. The summed E-state index contributed by atoms with van der Waals surface area (Å²) in [6.45, 7) is 0.257. The minimum absolute atomic E-state index is 0.0158. The maximum atomic E-state index is 12.8. The SMILES string of the molecule is CNC(=O)[C@@H]1CN(CC(=O)Nc2cc(OC)c(Cl)cc2OC)c2ccccc2O1. The number of nitrogens with zero attached hydrogens (tertiary/aromatic N) is 1. The van der Waals surface area contributed by atoms with Gasteiger partial charge in [0.15, 0.2) is 6.10 Å². The molecule has 1 heterocycles. The highest BCUT2D eigenvalue weighted by Gasteiger charge is 2.31. The Bertz CT molecular complexity index is 921. The maximum Gasteiger partial charge on any atom is 0.262 e. The topological polar surface area (TPSA) is 89.1 Å². The lowest BCUT2D eigenvalue weighted by Gasteiger charge is -2.35. The number of para-hydroxylation sites is 2. The molecule has 0 saturated carbocycles. The Morgan fingerprint density at radius 3 is 2.62 bits per heavy atom. The molecule has 8 nitrogen and oxygen atoms in total. The van der Waals surface area contributed by atoms with Gasteiger partial charge >= 0.3 is 0 Å². The zero-order valence-corrected chi connectivity index (χ0v) is 17.1. The van der Waals surface area contributed by atoms with Gasteiger partial charge in [-0.3, -0.25) is 9.59 Å². The van der Waals surface area contributed by atoms with E-state index in [1.54, 1.807) is 30.1 Å². The summed E-state index contributed by atoms with van der Waals surface area (Å²) in [7, 11) is 4.52. The molecule has 29 heavy (non-hydrogen) atoms. The lowest BCUT2D eigenvalue weighted by atomic mass is 10.1. The van der Waals surface area contributed by atoms with Crippen molar-refractivity contribution in [3.63, 3.8) is 0 Å². The molecule has 0 spiro atoms. The fraction of sp³-hybridized carbons (Fsp3) is 0.300. The van der Waals surface area contributed by atoms with Crippen LogP contribution in [0.2, 0.25) is 5.02 Å². The normalized spacial score (nSPS) is 15.0. The Labute approximate surface area is 173 Å². The van der Waals surface area contributed by atoms with Gasteiger partial charge in [-0.25, -0.2) is 0 Å². The number of rotatable bonds is 6. The smallest absolute Gasteiger partial charge is 0.262 e. The largest absolute Gasteiger partial charge is 0.495 e. The van der Waals surface area contributed by atoms with E-state index in [0.29, 0.717) is 28.0 Å². The Kier molecular flexibility index (Phi) is 6.33. The van der Waals surface area contributed by atoms with Crippen molar-refractivity contribution in [2.24, 2.45) is 0 Å². The fourth-order valence-corrected chi connectivity index (χ4v) is 3.31. The Morgan fingerprint density at radius 1 is 1.21 bits per heavy atom. The average molecular weight is 420 g/mol. The minimum Gasteiger partial charge on any atom is -0.495 e. The number of benzene rings is 2. The van der Waals surface area contributed by atoms with E-state index in [4.69, 9.17) is 25.8 Å². The van der Waals surface area contributed by atoms with Crippen molar-refractivity contribution in [1.82, 2.24) is 5.32 Å². The number of halogens is 1. The number of carbonyl (C=O) groups excluding carboxylic acids is 2. The number of anilines is 2. The first-order valence-corrected chi connectivity index (χ1v) is 9.28. The zero-order chi connectivity index (χ0) is 21.0. The number of fused-ring (bicyclic) bond motifs is 1. The number of nitrogens with one attached hydrogen (secondary N) is 2. The number of ether oxygens (including phenoxy) is 3. The number of amides is 2. The number of methoxy groups -OCH3 is 2. The van der Waals surface area contributed by atoms with Crippen LogP contribution in [0.3, 0.4) is 0 Å². The molecule has 0 unspecified atom stereocenters. The summed E-state index contributed by atoms with van der Waals surface area (Å²) in [6.07, 6.45) is -0.715. The summed E-state index contributed by atoms with van der Waals surface area (Å²) in [5.74, 6) is 0.828. The molecule has 2 aromatic rings. The lowest BCUT2D eigenvalue weighted by Crippen LogP contribution is -2.50. The highest BCUT2D eigenvalue weighted by molar-refractivity contribution is 6.32. The first-order chi connectivity index (χ1) is 14.0. The third-order valence-electron chi connectivity index (χ3n) is 4.48. The van der Waals surface area contributed by atoms with Crippen molar-refractivity contribution in [1.29, 1.82) is 0 Å². The van der Waals surface area contributed by atoms with Crippen LogP contribution in [0.4, 0.5) is 11.4 Å². The van der Waals surface area contributed by atoms with Gasteiger partial charge in [-0.1, -0.05) is 23.7 Å². The summed E-state index contributed by atoms with van der Waals surface area (Å²) < 4.78 is 16.3. The summed E-state index contributed by atoms with van der Waals surface area (Å²) in [5.41, 5.74) is 1.17. The van der Waals surface area contributed by atoms with Crippen molar-refractivity contribution < 1.29 is 23.8 Å². The highest BCUT2D eigenvalue weighted by atomic mass is 35.5. The quantitative estimate of drug-likeness (QED) is 0.747. The zero-order valence-electron chi connectivity index (χ0n) is 16.3. The molecule has 2 aromatic carbocycles.